The molecule has 3 nitrogen and oxygen atoms in total. The van der Waals surface area contributed by atoms with Crippen molar-refractivity contribution in [3.63, 3.8) is 0 Å². The lowest BCUT2D eigenvalue weighted by Crippen LogP contribution is -2.35. The molecule has 58 valence electrons. The number of rotatable bonds is 0. The fourth-order valence-electron chi connectivity index (χ4n) is 1.03. The SMILES string of the molecule is [B]c1c([B])c(C#N)c(C#N)c([B])c1O. The molecule has 0 amide bonds. The van der Waals surface area contributed by atoms with E-state index in [0.717, 1.165) is 0 Å². The first-order chi connectivity index (χ1) is 6.54. The first-order valence-electron chi connectivity index (χ1n) is 3.54. The van der Waals surface area contributed by atoms with E-state index in [9.17, 15) is 5.11 Å². The lowest BCUT2D eigenvalue weighted by Gasteiger charge is -2.12. The Morgan fingerprint density at radius 3 is 1.71 bits per heavy atom. The molecule has 0 bridgehead atoms. The monoisotopic (exact) mass is 174 g/mol. The van der Waals surface area contributed by atoms with Gasteiger partial charge in [0.2, 0.25) is 0 Å². The Balaban J connectivity index is 3.79. The van der Waals surface area contributed by atoms with Crippen LogP contribution in [0.2, 0.25) is 0 Å². The van der Waals surface area contributed by atoms with E-state index in [2.05, 4.69) is 0 Å². The van der Waals surface area contributed by atoms with Gasteiger partial charge in [-0.25, -0.2) is 0 Å². The van der Waals surface area contributed by atoms with Crippen molar-refractivity contribution in [2.24, 2.45) is 0 Å². The number of aromatic hydroxyl groups is 1. The predicted octanol–water partition coefficient (Wildman–Crippen LogP) is -2.48. The highest BCUT2D eigenvalue weighted by Gasteiger charge is 2.14. The molecule has 0 aliphatic carbocycles. The fraction of sp³-hybridized carbons (Fsp3) is 0. The van der Waals surface area contributed by atoms with Crippen LogP contribution in [0.4, 0.5) is 0 Å². The maximum Gasteiger partial charge on any atom is 0.120 e. The lowest BCUT2D eigenvalue weighted by atomic mass is 9.71. The highest BCUT2D eigenvalue weighted by molar-refractivity contribution is 6.53. The second-order valence-corrected chi connectivity index (χ2v) is 2.56. The second-order valence-electron chi connectivity index (χ2n) is 2.56. The number of nitriles is 2. The van der Waals surface area contributed by atoms with Gasteiger partial charge in [0.15, 0.2) is 0 Å². The molecular weight excluding hydrogens is 173 g/mol. The fourth-order valence-corrected chi connectivity index (χ4v) is 1.03. The molecule has 0 aromatic heterocycles. The van der Waals surface area contributed by atoms with Gasteiger partial charge < -0.3 is 5.11 Å². The number of hydrogen-bond donors (Lipinski definition) is 1. The normalized spacial score (nSPS) is 9.00. The van der Waals surface area contributed by atoms with Gasteiger partial charge in [-0.3, -0.25) is 0 Å². The zero-order valence-electron chi connectivity index (χ0n) is 7.07. The number of phenols is 1. The number of phenolic OH excluding ortho intramolecular Hbond substituents is 1. The molecule has 0 atom stereocenters. The molecule has 0 unspecified atom stereocenters. The van der Waals surface area contributed by atoms with Crippen molar-refractivity contribution in [2.75, 3.05) is 0 Å². The molecule has 6 heteroatoms. The molecule has 14 heavy (non-hydrogen) atoms. The van der Waals surface area contributed by atoms with E-state index in [1.807, 2.05) is 0 Å². The Bertz CT molecular complexity index is 440. The van der Waals surface area contributed by atoms with E-state index in [0.29, 0.717) is 0 Å². The quantitative estimate of drug-likeness (QED) is 0.442. The number of hydrogen-bond acceptors (Lipinski definition) is 3. The van der Waals surface area contributed by atoms with Gasteiger partial charge in [-0.1, -0.05) is 10.9 Å². The summed E-state index contributed by atoms with van der Waals surface area (Å²) in [6, 6.07) is 3.39. The average molecular weight is 174 g/mol. The van der Waals surface area contributed by atoms with Crippen LogP contribution in [0, 0.1) is 22.7 Å². The third-order valence-corrected chi connectivity index (χ3v) is 1.81. The molecule has 1 aromatic rings. The molecule has 0 spiro atoms. The minimum atomic E-state index is -0.460. The van der Waals surface area contributed by atoms with Gasteiger partial charge in [0.1, 0.15) is 29.3 Å². The standard InChI is InChI=1S/C8HB3N2O/c9-5-3(1-12)4(2-13)6(10)8(14)7(5)11/h14H. The molecule has 0 aliphatic heterocycles. The predicted molar refractivity (Wildman–Crippen MR) is 53.7 cm³/mol. The molecule has 1 N–H and O–H groups in total. The van der Waals surface area contributed by atoms with Crippen LogP contribution in [0.1, 0.15) is 11.1 Å². The maximum absolute atomic E-state index is 9.33. The average Bonchev–Trinajstić information content (AvgIpc) is 2.20. The smallest absolute Gasteiger partial charge is 0.120 e. The molecular formula is C8HB3N2O. The molecule has 0 heterocycles. The van der Waals surface area contributed by atoms with Crippen LogP contribution in [-0.2, 0) is 0 Å². The van der Waals surface area contributed by atoms with Gasteiger partial charge >= 0.3 is 0 Å². The summed E-state index contributed by atoms with van der Waals surface area (Å²) in [6.07, 6.45) is 0. The molecule has 0 saturated heterocycles. The van der Waals surface area contributed by atoms with Crippen molar-refractivity contribution < 1.29 is 5.11 Å². The highest BCUT2D eigenvalue weighted by atomic mass is 16.3. The minimum Gasteiger partial charge on any atom is -0.509 e. The van der Waals surface area contributed by atoms with Crippen LogP contribution in [0.15, 0.2) is 0 Å². The molecule has 1 aromatic carbocycles. The van der Waals surface area contributed by atoms with Crippen LogP contribution in [0.25, 0.3) is 0 Å². The first kappa shape index (κ1) is 10.3. The van der Waals surface area contributed by atoms with Crippen molar-refractivity contribution in [2.45, 2.75) is 0 Å². The Kier molecular flexibility index (Phi) is 2.58. The first-order valence-corrected chi connectivity index (χ1v) is 3.54. The summed E-state index contributed by atoms with van der Waals surface area (Å²) < 4.78 is 0. The molecule has 6 radical (unpaired) electrons. The number of nitrogens with zero attached hydrogens (tertiary/aromatic N) is 2. The van der Waals surface area contributed by atoms with Crippen LogP contribution < -0.4 is 16.4 Å². The van der Waals surface area contributed by atoms with Crippen molar-refractivity contribution in [1.29, 1.82) is 10.5 Å². The van der Waals surface area contributed by atoms with E-state index >= 15 is 0 Å². The maximum atomic E-state index is 9.33. The van der Waals surface area contributed by atoms with Crippen molar-refractivity contribution in [3.05, 3.63) is 11.1 Å². The Hall–Kier alpha value is -1.81. The van der Waals surface area contributed by atoms with Crippen LogP contribution in [0.3, 0.4) is 0 Å². The summed E-state index contributed by atoms with van der Waals surface area (Å²) >= 11 is 0. The van der Waals surface area contributed by atoms with E-state index in [1.54, 1.807) is 12.1 Å². The summed E-state index contributed by atoms with van der Waals surface area (Å²) in [5, 5.41) is 26.7. The zero-order valence-corrected chi connectivity index (χ0v) is 7.07. The minimum absolute atomic E-state index is 0.111. The van der Waals surface area contributed by atoms with Crippen LogP contribution in [-0.4, -0.2) is 28.6 Å². The van der Waals surface area contributed by atoms with Gasteiger partial charge in [-0.05, 0) is 5.46 Å². The molecule has 0 saturated carbocycles. The number of benzene rings is 1. The molecule has 1 rings (SSSR count). The summed E-state index contributed by atoms with van der Waals surface area (Å²) in [4.78, 5) is 0. The van der Waals surface area contributed by atoms with Crippen molar-refractivity contribution in [1.82, 2.24) is 0 Å². The third-order valence-electron chi connectivity index (χ3n) is 1.81. The van der Waals surface area contributed by atoms with E-state index in [4.69, 9.17) is 34.1 Å². The van der Waals surface area contributed by atoms with Crippen LogP contribution in [0.5, 0.6) is 5.75 Å². The molecule has 0 aliphatic rings. The zero-order chi connectivity index (χ0) is 10.9. The summed E-state index contributed by atoms with van der Waals surface area (Å²) in [5.74, 6) is -0.460. The largest absolute Gasteiger partial charge is 0.509 e. The Labute approximate surface area is 85.2 Å². The van der Waals surface area contributed by atoms with Gasteiger partial charge in [0, 0.05) is 0 Å². The molecule has 0 fully saturated rings. The second kappa shape index (κ2) is 3.51. The van der Waals surface area contributed by atoms with E-state index in [1.165, 1.54) is 0 Å². The Morgan fingerprint density at radius 2 is 1.29 bits per heavy atom. The summed E-state index contributed by atoms with van der Waals surface area (Å²) in [5.41, 5.74) is -0.804. The summed E-state index contributed by atoms with van der Waals surface area (Å²) in [6.45, 7) is 0. The summed E-state index contributed by atoms with van der Waals surface area (Å²) in [7, 11) is 16.2. The van der Waals surface area contributed by atoms with Gasteiger partial charge in [0.25, 0.3) is 0 Å². The van der Waals surface area contributed by atoms with Crippen molar-refractivity contribution >= 4 is 39.9 Å². The van der Waals surface area contributed by atoms with Crippen molar-refractivity contribution in [3.8, 4) is 17.9 Å². The van der Waals surface area contributed by atoms with Crippen LogP contribution >= 0.6 is 0 Å². The highest BCUT2D eigenvalue weighted by Crippen LogP contribution is 2.06. The third kappa shape index (κ3) is 1.26. The lowest BCUT2D eigenvalue weighted by molar-refractivity contribution is 0.484. The van der Waals surface area contributed by atoms with Gasteiger partial charge in [-0.2, -0.15) is 10.5 Å². The van der Waals surface area contributed by atoms with E-state index < -0.39 is 5.75 Å². The topological polar surface area (TPSA) is 67.8 Å². The van der Waals surface area contributed by atoms with Gasteiger partial charge in [0.05, 0.1) is 23.3 Å². The van der Waals surface area contributed by atoms with Gasteiger partial charge in [-0.15, -0.1) is 0 Å². The Morgan fingerprint density at radius 1 is 0.857 bits per heavy atom. The van der Waals surface area contributed by atoms with E-state index in [-0.39, 0.29) is 27.5 Å².